The van der Waals surface area contributed by atoms with Crippen LogP contribution in [0.15, 0.2) is 41.3 Å². The zero-order valence-corrected chi connectivity index (χ0v) is 19.5. The maximum Gasteiger partial charge on any atom is 0.416 e. The Labute approximate surface area is 190 Å². The van der Waals surface area contributed by atoms with Crippen molar-refractivity contribution < 1.29 is 32.2 Å². The van der Waals surface area contributed by atoms with Gasteiger partial charge in [-0.25, -0.2) is 4.79 Å². The Morgan fingerprint density at radius 3 is 2.27 bits per heavy atom. The van der Waals surface area contributed by atoms with E-state index in [1.807, 2.05) is 13.0 Å². The highest BCUT2D eigenvalue weighted by atomic mass is 19.4. The summed E-state index contributed by atoms with van der Waals surface area (Å²) < 4.78 is 49.3. The molecule has 0 saturated carbocycles. The molecule has 33 heavy (non-hydrogen) atoms. The van der Waals surface area contributed by atoms with Crippen molar-refractivity contribution in [2.24, 2.45) is 7.05 Å². The van der Waals surface area contributed by atoms with E-state index in [-0.39, 0.29) is 18.5 Å². The Hall–Kier alpha value is -3.30. The van der Waals surface area contributed by atoms with Gasteiger partial charge in [0.25, 0.3) is 5.56 Å². The number of rotatable bonds is 4. The number of nitrogens with zero attached hydrogens (tertiary/aromatic N) is 1. The molecule has 10 heteroatoms. The Kier molecular flexibility index (Phi) is 9.69. The van der Waals surface area contributed by atoms with Crippen LogP contribution in [0.3, 0.4) is 0 Å². The number of alkyl carbamates (subject to hydrolysis) is 1. The molecule has 0 aliphatic carbocycles. The SMILES string of the molecule is COC(=O)CNC(=O)OC(C)(C)C.Cc1cccc(Cc2c(C(F)(F)F)ccn(C)c2=O)c1. The molecule has 0 saturated heterocycles. The van der Waals surface area contributed by atoms with Crippen LogP contribution in [-0.4, -0.2) is 35.9 Å². The first-order chi connectivity index (χ1) is 15.1. The summed E-state index contributed by atoms with van der Waals surface area (Å²) in [6, 6.07) is 8.08. The van der Waals surface area contributed by atoms with E-state index in [4.69, 9.17) is 4.74 Å². The number of hydrogen-bond donors (Lipinski definition) is 1. The number of pyridine rings is 1. The van der Waals surface area contributed by atoms with Crippen LogP contribution in [0.4, 0.5) is 18.0 Å². The minimum absolute atomic E-state index is 0.0238. The zero-order chi connectivity index (χ0) is 25.4. The number of amides is 1. The van der Waals surface area contributed by atoms with Crippen molar-refractivity contribution in [3.63, 3.8) is 0 Å². The topological polar surface area (TPSA) is 86.6 Å². The summed E-state index contributed by atoms with van der Waals surface area (Å²) in [6.45, 7) is 6.91. The molecule has 0 aliphatic rings. The van der Waals surface area contributed by atoms with Gasteiger partial charge in [0.1, 0.15) is 12.1 Å². The molecule has 0 unspecified atom stereocenters. The fourth-order valence-electron chi connectivity index (χ4n) is 2.68. The average Bonchev–Trinajstić information content (AvgIpc) is 2.68. The number of nitrogens with one attached hydrogen (secondary N) is 1. The normalized spacial score (nSPS) is 11.2. The molecule has 0 spiro atoms. The van der Waals surface area contributed by atoms with Gasteiger partial charge in [0.2, 0.25) is 0 Å². The minimum atomic E-state index is -4.52. The highest BCUT2D eigenvalue weighted by Gasteiger charge is 2.34. The molecular weight excluding hydrogens is 441 g/mol. The van der Waals surface area contributed by atoms with Crippen LogP contribution in [0.5, 0.6) is 0 Å². The van der Waals surface area contributed by atoms with E-state index in [1.54, 1.807) is 39.0 Å². The minimum Gasteiger partial charge on any atom is -0.468 e. The molecule has 0 radical (unpaired) electrons. The van der Waals surface area contributed by atoms with Crippen molar-refractivity contribution in [3.05, 3.63) is 69.1 Å². The number of alkyl halides is 3. The van der Waals surface area contributed by atoms with Crippen molar-refractivity contribution in [2.45, 2.75) is 45.9 Å². The van der Waals surface area contributed by atoms with Crippen molar-refractivity contribution in [1.82, 2.24) is 9.88 Å². The molecule has 7 nitrogen and oxygen atoms in total. The van der Waals surface area contributed by atoms with Crippen LogP contribution in [0.25, 0.3) is 0 Å². The average molecular weight is 470 g/mol. The van der Waals surface area contributed by atoms with Gasteiger partial charge in [-0.05, 0) is 39.3 Å². The van der Waals surface area contributed by atoms with E-state index < -0.39 is 35.0 Å². The zero-order valence-electron chi connectivity index (χ0n) is 19.5. The molecule has 1 aromatic carbocycles. The van der Waals surface area contributed by atoms with E-state index in [1.165, 1.54) is 18.7 Å². The van der Waals surface area contributed by atoms with E-state index in [2.05, 4.69) is 10.1 Å². The number of ether oxygens (including phenoxy) is 2. The second kappa shape index (κ2) is 11.5. The lowest BCUT2D eigenvalue weighted by molar-refractivity contribution is -0.139. The lowest BCUT2D eigenvalue weighted by Gasteiger charge is -2.19. The first kappa shape index (κ1) is 27.7. The predicted molar refractivity (Wildman–Crippen MR) is 117 cm³/mol. The monoisotopic (exact) mass is 470 g/mol. The first-order valence-corrected chi connectivity index (χ1v) is 9.99. The highest BCUT2D eigenvalue weighted by molar-refractivity contribution is 5.77. The van der Waals surface area contributed by atoms with Crippen LogP contribution in [0, 0.1) is 6.92 Å². The second-order valence-corrected chi connectivity index (χ2v) is 8.22. The smallest absolute Gasteiger partial charge is 0.416 e. The number of carbonyl (C=O) groups is 2. The molecule has 1 N–H and O–H groups in total. The van der Waals surface area contributed by atoms with Gasteiger partial charge in [0.05, 0.1) is 12.7 Å². The molecule has 0 bridgehead atoms. The molecule has 1 amide bonds. The van der Waals surface area contributed by atoms with Gasteiger partial charge >= 0.3 is 18.2 Å². The third-order valence-electron chi connectivity index (χ3n) is 4.14. The van der Waals surface area contributed by atoms with Gasteiger partial charge in [-0.1, -0.05) is 29.8 Å². The summed E-state index contributed by atoms with van der Waals surface area (Å²) in [7, 11) is 2.70. The first-order valence-electron chi connectivity index (χ1n) is 9.99. The summed E-state index contributed by atoms with van der Waals surface area (Å²) in [5.74, 6) is -0.508. The Bertz CT molecular complexity index is 1020. The van der Waals surface area contributed by atoms with Crippen LogP contribution in [0.1, 0.15) is 43.0 Å². The van der Waals surface area contributed by atoms with Gasteiger partial charge in [-0.2, -0.15) is 13.2 Å². The Balaban J connectivity index is 0.000000366. The summed E-state index contributed by atoms with van der Waals surface area (Å²) in [5, 5.41) is 2.25. The van der Waals surface area contributed by atoms with Gasteiger partial charge in [0.15, 0.2) is 0 Å². The van der Waals surface area contributed by atoms with Crippen molar-refractivity contribution in [2.75, 3.05) is 13.7 Å². The van der Waals surface area contributed by atoms with E-state index in [0.717, 1.165) is 17.8 Å². The quantitative estimate of drug-likeness (QED) is 0.683. The van der Waals surface area contributed by atoms with Gasteiger partial charge in [-0.15, -0.1) is 0 Å². The molecule has 1 aromatic heterocycles. The number of benzene rings is 1. The maximum absolute atomic E-state index is 13.0. The maximum atomic E-state index is 13.0. The lowest BCUT2D eigenvalue weighted by Crippen LogP contribution is -2.35. The fourth-order valence-corrected chi connectivity index (χ4v) is 2.68. The van der Waals surface area contributed by atoms with Gasteiger partial charge in [-0.3, -0.25) is 9.59 Å². The number of aromatic nitrogens is 1. The van der Waals surface area contributed by atoms with E-state index >= 15 is 0 Å². The number of carbonyl (C=O) groups excluding carboxylic acids is 2. The third kappa shape index (κ3) is 9.80. The Morgan fingerprint density at radius 1 is 1.12 bits per heavy atom. The summed E-state index contributed by atoms with van der Waals surface area (Å²) in [5.41, 5.74) is -0.598. The summed E-state index contributed by atoms with van der Waals surface area (Å²) >= 11 is 0. The highest BCUT2D eigenvalue weighted by Crippen LogP contribution is 2.31. The molecular formula is C23H29F3N2O5. The molecule has 0 aliphatic heterocycles. The number of esters is 1. The molecule has 0 atom stereocenters. The van der Waals surface area contributed by atoms with Crippen LogP contribution < -0.4 is 10.9 Å². The van der Waals surface area contributed by atoms with Crippen LogP contribution in [0.2, 0.25) is 0 Å². The molecule has 182 valence electrons. The van der Waals surface area contributed by atoms with Crippen LogP contribution in [-0.2, 0) is 33.9 Å². The molecule has 1 heterocycles. The van der Waals surface area contributed by atoms with Crippen molar-refractivity contribution in [3.8, 4) is 0 Å². The molecule has 2 aromatic rings. The van der Waals surface area contributed by atoms with E-state index in [0.29, 0.717) is 5.56 Å². The lowest BCUT2D eigenvalue weighted by atomic mass is 10.00. The summed E-state index contributed by atoms with van der Waals surface area (Å²) in [6.07, 6.45) is -4.03. The second-order valence-electron chi connectivity index (χ2n) is 8.22. The van der Waals surface area contributed by atoms with Crippen molar-refractivity contribution >= 4 is 12.1 Å². The largest absolute Gasteiger partial charge is 0.468 e. The van der Waals surface area contributed by atoms with Crippen molar-refractivity contribution in [1.29, 1.82) is 0 Å². The number of halogens is 3. The standard InChI is InChI=1S/C15H14F3NO.C8H15NO4/c1-10-4-3-5-11(8-10)9-12-13(15(16,17)18)6-7-19(2)14(12)20;1-8(2,3)13-7(11)9-5-6(10)12-4/h3-8H,9H2,1-2H3;5H2,1-4H3,(H,9,11). The molecule has 0 fully saturated rings. The number of hydrogen-bond acceptors (Lipinski definition) is 5. The fraction of sp³-hybridized carbons (Fsp3) is 0.435. The van der Waals surface area contributed by atoms with Crippen LogP contribution >= 0.6 is 0 Å². The van der Waals surface area contributed by atoms with Gasteiger partial charge in [0, 0.05) is 25.2 Å². The number of methoxy groups -OCH3 is 1. The number of aryl methyl sites for hydroxylation is 2. The molecule has 2 rings (SSSR count). The summed E-state index contributed by atoms with van der Waals surface area (Å²) in [4.78, 5) is 33.5. The Morgan fingerprint density at radius 2 is 1.76 bits per heavy atom. The van der Waals surface area contributed by atoms with E-state index in [9.17, 15) is 27.6 Å². The predicted octanol–water partition coefficient (Wildman–Crippen LogP) is 3.99. The third-order valence-corrected chi connectivity index (χ3v) is 4.14. The van der Waals surface area contributed by atoms with Gasteiger partial charge < -0.3 is 19.4 Å².